The summed E-state index contributed by atoms with van der Waals surface area (Å²) in [5.41, 5.74) is 2.21. The Bertz CT molecular complexity index is 1190. The van der Waals surface area contributed by atoms with Gasteiger partial charge in [-0.3, -0.25) is 18.7 Å². The van der Waals surface area contributed by atoms with E-state index in [-0.39, 0.29) is 24.0 Å². The van der Waals surface area contributed by atoms with Gasteiger partial charge in [0.05, 0.1) is 18.1 Å². The number of nitrogens with zero attached hydrogens (tertiary/aromatic N) is 3. The Hall–Kier alpha value is -3.55. The monoisotopic (exact) mass is 425 g/mol. The summed E-state index contributed by atoms with van der Waals surface area (Å²) in [5.74, 6) is 0.433. The first-order chi connectivity index (χ1) is 14.8. The van der Waals surface area contributed by atoms with Crippen molar-refractivity contribution in [3.05, 3.63) is 58.0 Å². The Labute approximate surface area is 180 Å². The molecule has 3 rings (SSSR count). The molecule has 0 radical (unpaired) electrons. The first-order valence-corrected chi connectivity index (χ1v) is 10.1. The largest absolute Gasteiger partial charge is 0.493 e. The molecule has 0 bridgehead atoms. The second kappa shape index (κ2) is 9.07. The highest BCUT2D eigenvalue weighted by atomic mass is 16.5. The molecule has 8 heteroatoms. The Morgan fingerprint density at radius 1 is 0.903 bits per heavy atom. The number of hydrogen-bond acceptors (Lipinski definition) is 5. The predicted octanol–water partition coefficient (Wildman–Crippen LogP) is 2.63. The van der Waals surface area contributed by atoms with Gasteiger partial charge in [0.25, 0.3) is 5.91 Å². The molecule has 0 fully saturated rings. The second-order valence-corrected chi connectivity index (χ2v) is 7.16. The number of carbonyl (C=O) groups excluding carboxylic acids is 2. The van der Waals surface area contributed by atoms with Crippen LogP contribution in [0.25, 0.3) is 11.0 Å². The van der Waals surface area contributed by atoms with E-state index in [4.69, 9.17) is 9.47 Å². The number of aryl methyl sites for hydroxylation is 2. The number of fused-ring (bicyclic) bond motifs is 1. The van der Waals surface area contributed by atoms with Crippen LogP contribution in [0.5, 0.6) is 11.5 Å². The van der Waals surface area contributed by atoms with Gasteiger partial charge in [-0.05, 0) is 50.2 Å². The van der Waals surface area contributed by atoms with Crippen molar-refractivity contribution in [2.45, 2.75) is 13.8 Å². The van der Waals surface area contributed by atoms with Crippen molar-refractivity contribution in [3.8, 4) is 11.5 Å². The fourth-order valence-electron chi connectivity index (χ4n) is 3.52. The number of Topliss-reactive ketones (excluding diaryl/α,β-unsaturated/α-hetero) is 1. The van der Waals surface area contributed by atoms with E-state index < -0.39 is 0 Å². The average molecular weight is 425 g/mol. The van der Waals surface area contributed by atoms with Crippen LogP contribution in [0.4, 0.5) is 0 Å². The number of aromatic nitrogens is 2. The van der Waals surface area contributed by atoms with Gasteiger partial charge in [-0.1, -0.05) is 0 Å². The number of ketones is 1. The minimum Gasteiger partial charge on any atom is -0.493 e. The standard InChI is InChI=1S/C23H27N3O5/c1-6-26(7-2)22(28)16-9-11-20(21(13-16)30-5)31-14-19(27)15-8-10-17-18(12-15)25(4)23(29)24(17)3/h8-13H,6-7,14H2,1-5H3. The van der Waals surface area contributed by atoms with E-state index in [1.807, 2.05) is 13.8 Å². The molecule has 1 amide bonds. The van der Waals surface area contributed by atoms with Gasteiger partial charge in [-0.25, -0.2) is 4.79 Å². The topological polar surface area (TPSA) is 82.8 Å². The number of carbonyl (C=O) groups is 2. The number of imidazole rings is 1. The fourth-order valence-corrected chi connectivity index (χ4v) is 3.52. The Morgan fingerprint density at radius 3 is 2.19 bits per heavy atom. The molecule has 164 valence electrons. The van der Waals surface area contributed by atoms with E-state index in [9.17, 15) is 14.4 Å². The van der Waals surface area contributed by atoms with E-state index in [0.29, 0.717) is 41.2 Å². The average Bonchev–Trinajstić information content (AvgIpc) is 3.01. The van der Waals surface area contributed by atoms with Gasteiger partial charge in [0.15, 0.2) is 23.9 Å². The molecule has 1 aromatic heterocycles. The third kappa shape index (κ3) is 4.19. The highest BCUT2D eigenvalue weighted by Crippen LogP contribution is 2.29. The highest BCUT2D eigenvalue weighted by molar-refractivity contribution is 6.00. The lowest BCUT2D eigenvalue weighted by molar-refractivity contribution is 0.0771. The van der Waals surface area contributed by atoms with Crippen molar-refractivity contribution in [3.63, 3.8) is 0 Å². The van der Waals surface area contributed by atoms with Crippen molar-refractivity contribution in [1.29, 1.82) is 0 Å². The molecule has 0 atom stereocenters. The molecule has 0 aliphatic carbocycles. The lowest BCUT2D eigenvalue weighted by Crippen LogP contribution is -2.30. The third-order valence-electron chi connectivity index (χ3n) is 5.41. The Balaban J connectivity index is 1.78. The van der Waals surface area contributed by atoms with Crippen molar-refractivity contribution in [2.75, 3.05) is 26.8 Å². The zero-order chi connectivity index (χ0) is 22.7. The normalized spacial score (nSPS) is 10.9. The molecular formula is C23H27N3O5. The molecule has 0 aliphatic heterocycles. The Kier molecular flexibility index (Phi) is 6.48. The first-order valence-electron chi connectivity index (χ1n) is 10.1. The smallest absolute Gasteiger partial charge is 0.328 e. The number of hydrogen-bond donors (Lipinski definition) is 0. The van der Waals surface area contributed by atoms with Crippen molar-refractivity contribution in [1.82, 2.24) is 14.0 Å². The van der Waals surface area contributed by atoms with Crippen LogP contribution in [0.2, 0.25) is 0 Å². The van der Waals surface area contributed by atoms with Gasteiger partial charge < -0.3 is 14.4 Å². The lowest BCUT2D eigenvalue weighted by Gasteiger charge is -2.19. The molecule has 0 N–H and O–H groups in total. The number of amides is 1. The van der Waals surface area contributed by atoms with E-state index >= 15 is 0 Å². The van der Waals surface area contributed by atoms with Gasteiger partial charge in [0.1, 0.15) is 0 Å². The molecule has 0 spiro atoms. The maximum absolute atomic E-state index is 12.7. The van der Waals surface area contributed by atoms with Crippen molar-refractivity contribution in [2.24, 2.45) is 14.1 Å². The van der Waals surface area contributed by atoms with Crippen LogP contribution in [0, 0.1) is 0 Å². The van der Waals surface area contributed by atoms with E-state index in [1.165, 1.54) is 16.2 Å². The first kappa shape index (κ1) is 22.1. The van der Waals surface area contributed by atoms with Crippen LogP contribution in [-0.2, 0) is 14.1 Å². The van der Waals surface area contributed by atoms with Crippen molar-refractivity contribution >= 4 is 22.7 Å². The third-order valence-corrected chi connectivity index (χ3v) is 5.41. The van der Waals surface area contributed by atoms with Gasteiger partial charge in [-0.15, -0.1) is 0 Å². The predicted molar refractivity (Wildman–Crippen MR) is 118 cm³/mol. The van der Waals surface area contributed by atoms with Gasteiger partial charge in [-0.2, -0.15) is 0 Å². The second-order valence-electron chi connectivity index (χ2n) is 7.16. The summed E-state index contributed by atoms with van der Waals surface area (Å²) < 4.78 is 14.1. The van der Waals surface area contributed by atoms with Crippen LogP contribution < -0.4 is 15.2 Å². The van der Waals surface area contributed by atoms with Gasteiger partial charge in [0.2, 0.25) is 0 Å². The number of benzene rings is 2. The highest BCUT2D eigenvalue weighted by Gasteiger charge is 2.17. The minimum atomic E-state index is -0.233. The SMILES string of the molecule is CCN(CC)C(=O)c1ccc(OCC(=O)c2ccc3c(c2)n(C)c(=O)n3C)c(OC)c1. The summed E-state index contributed by atoms with van der Waals surface area (Å²) in [6.45, 7) is 4.87. The molecule has 8 nitrogen and oxygen atoms in total. The van der Waals surface area contributed by atoms with Crippen LogP contribution in [0.1, 0.15) is 34.6 Å². The molecule has 1 heterocycles. The van der Waals surface area contributed by atoms with E-state index in [1.54, 1.807) is 55.4 Å². The molecule has 0 unspecified atom stereocenters. The van der Waals surface area contributed by atoms with Crippen LogP contribution in [0.15, 0.2) is 41.2 Å². The van der Waals surface area contributed by atoms with E-state index in [2.05, 4.69) is 0 Å². The molecule has 31 heavy (non-hydrogen) atoms. The summed E-state index contributed by atoms with van der Waals surface area (Å²) in [6, 6.07) is 10.0. The molecule has 0 saturated heterocycles. The summed E-state index contributed by atoms with van der Waals surface area (Å²) in [6.07, 6.45) is 0. The Morgan fingerprint density at radius 2 is 1.55 bits per heavy atom. The minimum absolute atomic E-state index is 0.0901. The van der Waals surface area contributed by atoms with Crippen LogP contribution in [0.3, 0.4) is 0 Å². The summed E-state index contributed by atoms with van der Waals surface area (Å²) in [7, 11) is 4.84. The molecule has 0 saturated carbocycles. The maximum atomic E-state index is 12.7. The lowest BCUT2D eigenvalue weighted by atomic mass is 10.1. The fraction of sp³-hybridized carbons (Fsp3) is 0.348. The number of ether oxygens (including phenoxy) is 2. The zero-order valence-corrected chi connectivity index (χ0v) is 18.5. The van der Waals surface area contributed by atoms with Gasteiger partial charge >= 0.3 is 5.69 Å². The van der Waals surface area contributed by atoms with Crippen molar-refractivity contribution < 1.29 is 19.1 Å². The summed E-state index contributed by atoms with van der Waals surface area (Å²) in [4.78, 5) is 39.0. The quantitative estimate of drug-likeness (QED) is 0.518. The number of rotatable bonds is 8. The van der Waals surface area contributed by atoms with Gasteiger partial charge in [0, 0.05) is 38.3 Å². The summed E-state index contributed by atoms with van der Waals surface area (Å²) >= 11 is 0. The molecule has 3 aromatic rings. The number of methoxy groups -OCH3 is 1. The van der Waals surface area contributed by atoms with E-state index in [0.717, 1.165) is 5.52 Å². The summed E-state index contributed by atoms with van der Waals surface area (Å²) in [5, 5.41) is 0. The van der Waals surface area contributed by atoms with Crippen LogP contribution in [-0.4, -0.2) is 52.5 Å². The zero-order valence-electron chi connectivity index (χ0n) is 18.5. The molecule has 0 aliphatic rings. The maximum Gasteiger partial charge on any atom is 0.328 e. The van der Waals surface area contributed by atoms with Crippen LogP contribution >= 0.6 is 0 Å². The molecular weight excluding hydrogens is 398 g/mol. The molecule has 2 aromatic carbocycles.